The van der Waals surface area contributed by atoms with Gasteiger partial charge in [-0.15, -0.1) is 0 Å². The van der Waals surface area contributed by atoms with E-state index in [4.69, 9.17) is 4.98 Å². The second-order valence-corrected chi connectivity index (χ2v) is 6.23. The monoisotopic (exact) mass is 257 g/mol. The van der Waals surface area contributed by atoms with Crippen molar-refractivity contribution >= 4 is 11.0 Å². The van der Waals surface area contributed by atoms with E-state index in [9.17, 15) is 0 Å². The maximum Gasteiger partial charge on any atom is 0.109 e. The molecule has 0 saturated heterocycles. The highest BCUT2D eigenvalue weighted by Crippen LogP contribution is 2.26. The molecule has 3 rings (SSSR count). The molecule has 0 fully saturated rings. The molecule has 3 nitrogen and oxygen atoms in total. The van der Waals surface area contributed by atoms with Gasteiger partial charge in [-0.1, -0.05) is 13.8 Å². The van der Waals surface area contributed by atoms with Crippen LogP contribution in [-0.4, -0.2) is 27.5 Å². The van der Waals surface area contributed by atoms with Gasteiger partial charge >= 0.3 is 0 Å². The van der Waals surface area contributed by atoms with Crippen LogP contribution < -0.4 is 0 Å². The van der Waals surface area contributed by atoms with E-state index >= 15 is 0 Å². The molecular formula is C16H23N3. The van der Waals surface area contributed by atoms with E-state index in [0.717, 1.165) is 30.9 Å². The molecule has 1 aliphatic rings. The number of hydrogen-bond acceptors (Lipinski definition) is 2. The number of hydrogen-bond donors (Lipinski definition) is 1. The van der Waals surface area contributed by atoms with E-state index in [1.165, 1.54) is 16.6 Å². The van der Waals surface area contributed by atoms with Crippen molar-refractivity contribution in [3.63, 3.8) is 0 Å². The van der Waals surface area contributed by atoms with Gasteiger partial charge in [-0.25, -0.2) is 4.98 Å². The quantitative estimate of drug-likeness (QED) is 0.893. The lowest BCUT2D eigenvalue weighted by Crippen LogP contribution is -2.35. The van der Waals surface area contributed by atoms with Crippen LogP contribution in [0.5, 0.6) is 0 Å². The summed E-state index contributed by atoms with van der Waals surface area (Å²) in [5, 5.41) is 0. The largest absolute Gasteiger partial charge is 0.342 e. The third-order valence-electron chi connectivity index (χ3n) is 4.14. The lowest BCUT2D eigenvalue weighted by molar-refractivity contribution is 0.203. The van der Waals surface area contributed by atoms with E-state index in [0.29, 0.717) is 12.0 Å². The van der Waals surface area contributed by atoms with Crippen molar-refractivity contribution in [1.29, 1.82) is 0 Å². The number of rotatable bonds is 2. The third kappa shape index (κ3) is 2.27. The fraction of sp³-hybridized carbons (Fsp3) is 0.562. The van der Waals surface area contributed by atoms with Crippen LogP contribution in [0.1, 0.15) is 50.6 Å². The van der Waals surface area contributed by atoms with Crippen LogP contribution in [0.25, 0.3) is 11.0 Å². The van der Waals surface area contributed by atoms with Gasteiger partial charge in [-0.2, -0.15) is 0 Å². The summed E-state index contributed by atoms with van der Waals surface area (Å²) in [7, 11) is 0. The number of H-pyrrole nitrogens is 1. The van der Waals surface area contributed by atoms with E-state index in [2.05, 4.69) is 49.7 Å². The minimum Gasteiger partial charge on any atom is -0.342 e. The Bertz CT molecular complexity index is 595. The normalized spacial score (nSPS) is 16.5. The number of fused-ring (bicyclic) bond motifs is 2. The van der Waals surface area contributed by atoms with E-state index in [1.54, 1.807) is 0 Å². The second-order valence-electron chi connectivity index (χ2n) is 6.23. The second kappa shape index (κ2) is 4.64. The topological polar surface area (TPSA) is 31.9 Å². The Morgan fingerprint density at radius 2 is 1.95 bits per heavy atom. The average Bonchev–Trinajstić information content (AvgIpc) is 2.78. The number of imidazole rings is 1. The van der Waals surface area contributed by atoms with Gasteiger partial charge in [-0.3, -0.25) is 4.90 Å². The predicted molar refractivity (Wildman–Crippen MR) is 79.4 cm³/mol. The standard InChI is InChI=1S/C16H23N3/c1-10(2)16-17-14-7-12-5-6-19(11(3)4)9-13(12)8-15(14)18-16/h7-8,10-11H,5-6,9H2,1-4H3,(H,17,18). The van der Waals surface area contributed by atoms with Gasteiger partial charge in [0.15, 0.2) is 0 Å². The molecule has 3 heteroatoms. The summed E-state index contributed by atoms with van der Waals surface area (Å²) in [5.74, 6) is 1.55. The first-order valence-electron chi connectivity index (χ1n) is 7.30. The van der Waals surface area contributed by atoms with E-state index < -0.39 is 0 Å². The SMILES string of the molecule is CC(C)c1nc2cc3c(cc2[nH]1)CN(C(C)C)CC3. The highest BCUT2D eigenvalue weighted by molar-refractivity contribution is 5.77. The van der Waals surface area contributed by atoms with Crippen LogP contribution in [-0.2, 0) is 13.0 Å². The summed E-state index contributed by atoms with van der Waals surface area (Å²) in [6.45, 7) is 11.1. The Morgan fingerprint density at radius 1 is 1.16 bits per heavy atom. The molecule has 0 spiro atoms. The number of aromatic nitrogens is 2. The predicted octanol–water partition coefficient (Wildman–Crippen LogP) is 3.45. The average molecular weight is 257 g/mol. The summed E-state index contributed by atoms with van der Waals surface area (Å²) in [6.07, 6.45) is 1.15. The van der Waals surface area contributed by atoms with E-state index in [-0.39, 0.29) is 0 Å². The third-order valence-corrected chi connectivity index (χ3v) is 4.14. The van der Waals surface area contributed by atoms with Crippen molar-refractivity contribution in [3.8, 4) is 0 Å². The van der Waals surface area contributed by atoms with E-state index in [1.807, 2.05) is 0 Å². The lowest BCUT2D eigenvalue weighted by Gasteiger charge is -2.31. The zero-order chi connectivity index (χ0) is 13.6. The zero-order valence-corrected chi connectivity index (χ0v) is 12.3. The fourth-order valence-electron chi connectivity index (χ4n) is 2.82. The van der Waals surface area contributed by atoms with Gasteiger partial charge < -0.3 is 4.98 Å². The molecule has 2 aromatic rings. The number of aromatic amines is 1. The Morgan fingerprint density at radius 3 is 2.63 bits per heavy atom. The van der Waals surface area contributed by atoms with Crippen LogP contribution in [0.3, 0.4) is 0 Å². The summed E-state index contributed by atoms with van der Waals surface area (Å²) < 4.78 is 0. The summed E-state index contributed by atoms with van der Waals surface area (Å²) >= 11 is 0. The maximum absolute atomic E-state index is 4.71. The highest BCUT2D eigenvalue weighted by Gasteiger charge is 2.19. The van der Waals surface area contributed by atoms with Crippen molar-refractivity contribution in [1.82, 2.24) is 14.9 Å². The zero-order valence-electron chi connectivity index (χ0n) is 12.3. The molecule has 0 amide bonds. The van der Waals surface area contributed by atoms with Crippen molar-refractivity contribution < 1.29 is 0 Å². The van der Waals surface area contributed by atoms with Crippen LogP contribution in [0.2, 0.25) is 0 Å². The maximum atomic E-state index is 4.71. The van der Waals surface area contributed by atoms with Crippen LogP contribution in [0.4, 0.5) is 0 Å². The van der Waals surface area contributed by atoms with Gasteiger partial charge in [0, 0.05) is 25.0 Å². The summed E-state index contributed by atoms with van der Waals surface area (Å²) in [5.41, 5.74) is 5.26. The first kappa shape index (κ1) is 12.7. The molecule has 0 aliphatic carbocycles. The molecule has 0 bridgehead atoms. The van der Waals surface area contributed by atoms with Crippen molar-refractivity contribution in [2.24, 2.45) is 0 Å². The molecule has 0 atom stereocenters. The molecule has 102 valence electrons. The minimum absolute atomic E-state index is 0.455. The van der Waals surface area contributed by atoms with Crippen molar-refractivity contribution in [2.75, 3.05) is 6.54 Å². The molecule has 19 heavy (non-hydrogen) atoms. The first-order chi connectivity index (χ1) is 9.04. The minimum atomic E-state index is 0.455. The molecule has 0 saturated carbocycles. The summed E-state index contributed by atoms with van der Waals surface area (Å²) in [6, 6.07) is 5.21. The fourth-order valence-corrected chi connectivity index (χ4v) is 2.82. The molecule has 0 unspecified atom stereocenters. The Hall–Kier alpha value is -1.35. The first-order valence-corrected chi connectivity index (χ1v) is 7.30. The molecular weight excluding hydrogens is 234 g/mol. The van der Waals surface area contributed by atoms with Gasteiger partial charge in [0.25, 0.3) is 0 Å². The van der Waals surface area contributed by atoms with Gasteiger partial charge in [-0.05, 0) is 43.5 Å². The molecule has 1 aliphatic heterocycles. The number of nitrogens with zero attached hydrogens (tertiary/aromatic N) is 2. The molecule has 0 radical (unpaired) electrons. The Balaban J connectivity index is 2.01. The van der Waals surface area contributed by atoms with Crippen LogP contribution >= 0.6 is 0 Å². The Labute approximate surface area is 115 Å². The number of nitrogens with one attached hydrogen (secondary N) is 1. The van der Waals surface area contributed by atoms with Crippen molar-refractivity contribution in [2.45, 2.75) is 52.6 Å². The Kier molecular flexibility index (Phi) is 3.09. The van der Waals surface area contributed by atoms with Crippen molar-refractivity contribution in [3.05, 3.63) is 29.1 Å². The van der Waals surface area contributed by atoms with Gasteiger partial charge in [0.1, 0.15) is 5.82 Å². The van der Waals surface area contributed by atoms with Gasteiger partial charge in [0.2, 0.25) is 0 Å². The van der Waals surface area contributed by atoms with Crippen LogP contribution in [0, 0.1) is 0 Å². The molecule has 1 aromatic carbocycles. The molecule has 2 heterocycles. The molecule has 1 N–H and O–H groups in total. The lowest BCUT2D eigenvalue weighted by atomic mass is 9.98. The van der Waals surface area contributed by atoms with Crippen LogP contribution in [0.15, 0.2) is 12.1 Å². The highest BCUT2D eigenvalue weighted by atomic mass is 15.1. The van der Waals surface area contributed by atoms with Gasteiger partial charge in [0.05, 0.1) is 11.0 Å². The smallest absolute Gasteiger partial charge is 0.109 e. The summed E-state index contributed by atoms with van der Waals surface area (Å²) in [4.78, 5) is 10.7. The molecule has 1 aromatic heterocycles. The number of benzene rings is 1.